The maximum atomic E-state index is 13.0. The number of fused-ring (bicyclic) bond motifs is 2. The van der Waals surface area contributed by atoms with E-state index < -0.39 is 0 Å². The van der Waals surface area contributed by atoms with Gasteiger partial charge in [0.1, 0.15) is 9.71 Å². The normalized spacial score (nSPS) is 11.2. The maximum absolute atomic E-state index is 13.0. The van der Waals surface area contributed by atoms with Crippen LogP contribution in [0.25, 0.3) is 21.1 Å². The van der Waals surface area contributed by atoms with E-state index in [2.05, 4.69) is 18.3 Å². The molecular formula is C22H21N3OS. The van der Waals surface area contributed by atoms with Crippen LogP contribution in [0.4, 0.5) is 11.4 Å². The summed E-state index contributed by atoms with van der Waals surface area (Å²) in [7, 11) is 0. The van der Waals surface area contributed by atoms with Crippen LogP contribution in [0.15, 0.2) is 42.5 Å². The Kier molecular flexibility index (Phi) is 4.32. The summed E-state index contributed by atoms with van der Waals surface area (Å²) in [6, 6.07) is 14.2. The van der Waals surface area contributed by atoms with E-state index in [0.717, 1.165) is 44.4 Å². The molecule has 0 radical (unpaired) electrons. The number of anilines is 2. The highest BCUT2D eigenvalue weighted by Gasteiger charge is 2.19. The molecule has 27 heavy (non-hydrogen) atoms. The summed E-state index contributed by atoms with van der Waals surface area (Å²) in [5.41, 5.74) is 11.9. The number of pyridine rings is 1. The molecule has 1 amide bonds. The fourth-order valence-electron chi connectivity index (χ4n) is 3.36. The Labute approximate surface area is 162 Å². The molecule has 2 aromatic carbocycles. The van der Waals surface area contributed by atoms with Gasteiger partial charge in [-0.05, 0) is 49.6 Å². The number of hydrogen-bond donors (Lipinski definition) is 2. The van der Waals surface area contributed by atoms with Crippen molar-refractivity contribution in [1.29, 1.82) is 0 Å². The van der Waals surface area contributed by atoms with Crippen molar-refractivity contribution >= 4 is 49.7 Å². The molecule has 2 aromatic heterocycles. The number of nitrogens with two attached hydrogens (primary N) is 1. The second kappa shape index (κ2) is 6.67. The standard InChI is InChI=1S/C22H21N3OS/c1-4-14-7-5-6-13(3)19(14)25-21(26)20-18(23)16-11-15-10-12(2)8-9-17(15)24-22(16)27-20/h5-11H,4,23H2,1-3H3,(H,25,26). The Morgan fingerprint density at radius 1 is 1.19 bits per heavy atom. The van der Waals surface area contributed by atoms with Crippen molar-refractivity contribution < 1.29 is 4.79 Å². The Morgan fingerprint density at radius 2 is 2.00 bits per heavy atom. The van der Waals surface area contributed by atoms with Gasteiger partial charge in [0.2, 0.25) is 0 Å². The van der Waals surface area contributed by atoms with Crippen LogP contribution in [0.3, 0.4) is 0 Å². The number of hydrogen-bond acceptors (Lipinski definition) is 4. The lowest BCUT2D eigenvalue weighted by Gasteiger charge is -2.12. The van der Waals surface area contributed by atoms with Crippen molar-refractivity contribution in [2.45, 2.75) is 27.2 Å². The molecule has 0 atom stereocenters. The van der Waals surface area contributed by atoms with Crippen LogP contribution in [0.2, 0.25) is 0 Å². The zero-order valence-corrected chi connectivity index (χ0v) is 16.4. The molecule has 4 nitrogen and oxygen atoms in total. The summed E-state index contributed by atoms with van der Waals surface area (Å²) in [4.78, 5) is 19.0. The van der Waals surface area contributed by atoms with Crippen molar-refractivity contribution in [2.75, 3.05) is 11.1 Å². The zero-order chi connectivity index (χ0) is 19.1. The summed E-state index contributed by atoms with van der Waals surface area (Å²) in [5.74, 6) is -0.181. The Bertz CT molecular complexity index is 1190. The van der Waals surface area contributed by atoms with E-state index >= 15 is 0 Å². The highest BCUT2D eigenvalue weighted by atomic mass is 32.1. The smallest absolute Gasteiger partial charge is 0.267 e. The van der Waals surface area contributed by atoms with Crippen LogP contribution in [0.1, 0.15) is 33.3 Å². The predicted octanol–water partition coefficient (Wildman–Crippen LogP) is 5.46. The van der Waals surface area contributed by atoms with Crippen molar-refractivity contribution in [1.82, 2.24) is 4.98 Å². The molecule has 5 heteroatoms. The third-order valence-electron chi connectivity index (χ3n) is 4.85. The van der Waals surface area contributed by atoms with Gasteiger partial charge in [-0.25, -0.2) is 4.98 Å². The van der Waals surface area contributed by atoms with Gasteiger partial charge in [-0.1, -0.05) is 36.8 Å². The molecule has 0 saturated carbocycles. The number of rotatable bonds is 3. The Hall–Kier alpha value is -2.92. The number of aromatic nitrogens is 1. The van der Waals surface area contributed by atoms with Gasteiger partial charge in [-0.3, -0.25) is 4.79 Å². The molecule has 0 bridgehead atoms. The summed E-state index contributed by atoms with van der Waals surface area (Å²) in [6.07, 6.45) is 0.853. The summed E-state index contributed by atoms with van der Waals surface area (Å²) in [5, 5.41) is 4.93. The first-order chi connectivity index (χ1) is 13.0. The summed E-state index contributed by atoms with van der Waals surface area (Å²) < 4.78 is 0. The van der Waals surface area contributed by atoms with Crippen LogP contribution in [0, 0.1) is 13.8 Å². The number of thiophene rings is 1. The van der Waals surface area contributed by atoms with E-state index in [-0.39, 0.29) is 5.91 Å². The quantitative estimate of drug-likeness (QED) is 0.499. The first kappa shape index (κ1) is 17.5. The van der Waals surface area contributed by atoms with E-state index in [1.807, 2.05) is 50.2 Å². The van der Waals surface area contributed by atoms with Crippen LogP contribution in [-0.2, 0) is 6.42 Å². The summed E-state index contributed by atoms with van der Waals surface area (Å²) >= 11 is 1.34. The van der Waals surface area contributed by atoms with E-state index in [1.165, 1.54) is 16.9 Å². The number of nitrogens with one attached hydrogen (secondary N) is 1. The van der Waals surface area contributed by atoms with Crippen LogP contribution < -0.4 is 11.1 Å². The van der Waals surface area contributed by atoms with Crippen LogP contribution in [0.5, 0.6) is 0 Å². The van der Waals surface area contributed by atoms with Crippen molar-refractivity contribution in [3.05, 3.63) is 64.0 Å². The lowest BCUT2D eigenvalue weighted by Crippen LogP contribution is -2.14. The average molecular weight is 375 g/mol. The number of benzene rings is 2. The molecule has 0 spiro atoms. The molecule has 4 rings (SSSR count). The second-order valence-corrected chi connectivity index (χ2v) is 7.80. The average Bonchev–Trinajstić information content (AvgIpc) is 2.97. The zero-order valence-electron chi connectivity index (χ0n) is 15.6. The van der Waals surface area contributed by atoms with E-state index in [9.17, 15) is 4.79 Å². The van der Waals surface area contributed by atoms with Gasteiger partial charge >= 0.3 is 0 Å². The van der Waals surface area contributed by atoms with Crippen LogP contribution in [-0.4, -0.2) is 10.9 Å². The van der Waals surface area contributed by atoms with E-state index in [4.69, 9.17) is 10.7 Å². The second-order valence-electron chi connectivity index (χ2n) is 6.80. The molecule has 4 aromatic rings. The molecule has 136 valence electrons. The van der Waals surface area contributed by atoms with Gasteiger partial charge in [0.25, 0.3) is 5.91 Å². The molecule has 2 heterocycles. The highest BCUT2D eigenvalue weighted by molar-refractivity contribution is 7.21. The maximum Gasteiger partial charge on any atom is 0.267 e. The molecule has 0 aliphatic heterocycles. The first-order valence-corrected chi connectivity index (χ1v) is 9.78. The topological polar surface area (TPSA) is 68.0 Å². The SMILES string of the molecule is CCc1cccc(C)c1NC(=O)c1sc2nc3ccc(C)cc3cc2c1N. The minimum Gasteiger partial charge on any atom is -0.397 e. The van der Waals surface area contributed by atoms with Gasteiger partial charge in [0.15, 0.2) is 0 Å². The van der Waals surface area contributed by atoms with E-state index in [0.29, 0.717) is 10.6 Å². The number of para-hydroxylation sites is 1. The van der Waals surface area contributed by atoms with Gasteiger partial charge in [0, 0.05) is 16.5 Å². The fraction of sp³-hybridized carbons (Fsp3) is 0.182. The fourth-order valence-corrected chi connectivity index (χ4v) is 4.34. The molecule has 3 N–H and O–H groups in total. The largest absolute Gasteiger partial charge is 0.397 e. The van der Waals surface area contributed by atoms with Crippen molar-refractivity contribution in [2.24, 2.45) is 0 Å². The van der Waals surface area contributed by atoms with Crippen molar-refractivity contribution in [3.8, 4) is 0 Å². The number of nitrogen functional groups attached to an aromatic ring is 1. The van der Waals surface area contributed by atoms with Gasteiger partial charge in [0.05, 0.1) is 11.2 Å². The number of aryl methyl sites for hydroxylation is 3. The summed E-state index contributed by atoms with van der Waals surface area (Å²) in [6.45, 7) is 6.13. The van der Waals surface area contributed by atoms with Gasteiger partial charge in [-0.2, -0.15) is 0 Å². The third-order valence-corrected chi connectivity index (χ3v) is 5.97. The van der Waals surface area contributed by atoms with Crippen LogP contribution >= 0.6 is 11.3 Å². The molecule has 0 aliphatic carbocycles. The van der Waals surface area contributed by atoms with E-state index in [1.54, 1.807) is 0 Å². The Morgan fingerprint density at radius 3 is 2.78 bits per heavy atom. The van der Waals surface area contributed by atoms with Gasteiger partial charge in [-0.15, -0.1) is 11.3 Å². The molecule has 0 fully saturated rings. The monoisotopic (exact) mass is 375 g/mol. The van der Waals surface area contributed by atoms with Gasteiger partial charge < -0.3 is 11.1 Å². The lowest BCUT2D eigenvalue weighted by molar-refractivity contribution is 0.103. The third kappa shape index (κ3) is 3.04. The van der Waals surface area contributed by atoms with Crippen molar-refractivity contribution in [3.63, 3.8) is 0 Å². The highest BCUT2D eigenvalue weighted by Crippen LogP contribution is 2.35. The number of nitrogens with zero attached hydrogens (tertiary/aromatic N) is 1. The predicted molar refractivity (Wildman–Crippen MR) is 115 cm³/mol. The minimum atomic E-state index is -0.181. The molecule has 0 aliphatic rings. The number of amides is 1. The molecular weight excluding hydrogens is 354 g/mol. The Balaban J connectivity index is 1.78. The minimum absolute atomic E-state index is 0.181. The number of carbonyl (C=O) groups is 1. The molecule has 0 saturated heterocycles. The first-order valence-electron chi connectivity index (χ1n) is 8.97. The lowest BCUT2D eigenvalue weighted by atomic mass is 10.1. The number of carbonyl (C=O) groups excluding carboxylic acids is 1. The molecule has 0 unspecified atom stereocenters.